The Labute approximate surface area is 172 Å². The summed E-state index contributed by atoms with van der Waals surface area (Å²) in [4.78, 5) is 23.3. The smallest absolute Gasteiger partial charge is 0.374 e. The second kappa shape index (κ2) is 7.98. The number of hydrogen-bond donors (Lipinski definition) is 1. The molecule has 7 unspecified atom stereocenters. The van der Waals surface area contributed by atoms with Gasteiger partial charge >= 0.3 is 12.4 Å². The second-order valence-electron chi connectivity index (χ2n) is 9.25. The van der Waals surface area contributed by atoms with Crippen LogP contribution in [0.1, 0.15) is 47.0 Å². The second-order valence-corrected chi connectivity index (χ2v) is 9.25. The maximum absolute atomic E-state index is 12.7. The molecule has 4 nitrogen and oxygen atoms in total. The van der Waals surface area contributed by atoms with Crippen LogP contribution >= 0.6 is 0 Å². The SMILES string of the molecule is CC1C(=O)N(C)C(=O)C1C.CC1C2CC(CC(O)(C(F)(F)F)C(F)(F)F)C(C2)C1C. The van der Waals surface area contributed by atoms with Crippen molar-refractivity contribution in [3.05, 3.63) is 0 Å². The molecule has 174 valence electrons. The van der Waals surface area contributed by atoms with Gasteiger partial charge in [0, 0.05) is 18.9 Å². The van der Waals surface area contributed by atoms with Crippen molar-refractivity contribution >= 4 is 11.8 Å². The average Bonchev–Trinajstić information content (AvgIpc) is 3.20. The number of fused-ring (bicyclic) bond motifs is 2. The molecule has 0 aromatic carbocycles. The highest BCUT2D eigenvalue weighted by atomic mass is 19.4. The van der Waals surface area contributed by atoms with E-state index in [1.165, 1.54) is 11.9 Å². The van der Waals surface area contributed by atoms with Crippen LogP contribution in [-0.2, 0) is 9.59 Å². The van der Waals surface area contributed by atoms with Crippen LogP contribution in [-0.4, -0.2) is 46.8 Å². The highest BCUT2D eigenvalue weighted by Crippen LogP contribution is 2.59. The standard InChI is InChI=1S/C13H18F6O.C7H11NO2/c1-6-7(2)10-4-8(6)3-9(10)5-11(20,12(14,15)16)13(17,18)19;1-4-5(2)7(10)8(3)6(4)9/h6-10,20H,3-5H2,1-2H3;4-5H,1-3H3. The molecule has 7 atom stereocenters. The van der Waals surface area contributed by atoms with Crippen LogP contribution in [0.15, 0.2) is 0 Å². The van der Waals surface area contributed by atoms with Crippen molar-refractivity contribution < 1.29 is 41.0 Å². The first-order valence-corrected chi connectivity index (χ1v) is 10.1. The van der Waals surface area contributed by atoms with Crippen LogP contribution < -0.4 is 0 Å². The molecule has 0 radical (unpaired) electrons. The van der Waals surface area contributed by atoms with E-state index in [9.17, 15) is 41.0 Å². The van der Waals surface area contributed by atoms with E-state index < -0.39 is 30.3 Å². The Morgan fingerprint density at radius 1 is 0.867 bits per heavy atom. The van der Waals surface area contributed by atoms with Gasteiger partial charge in [-0.1, -0.05) is 27.7 Å². The van der Waals surface area contributed by atoms with Crippen LogP contribution in [0.2, 0.25) is 0 Å². The highest BCUT2D eigenvalue weighted by Gasteiger charge is 2.71. The lowest BCUT2D eigenvalue weighted by molar-refractivity contribution is -0.373. The van der Waals surface area contributed by atoms with Gasteiger partial charge < -0.3 is 5.11 Å². The predicted octanol–water partition coefficient (Wildman–Crippen LogP) is 4.42. The van der Waals surface area contributed by atoms with Crippen LogP contribution in [0.5, 0.6) is 0 Å². The van der Waals surface area contributed by atoms with Gasteiger partial charge in [0.25, 0.3) is 5.60 Å². The minimum Gasteiger partial charge on any atom is -0.374 e. The maximum atomic E-state index is 12.7. The highest BCUT2D eigenvalue weighted by molar-refractivity contribution is 6.04. The summed E-state index contributed by atoms with van der Waals surface area (Å²) in [6.07, 6.45) is -11.6. The number of carbonyl (C=O) groups excluding carboxylic acids is 2. The normalized spacial score (nSPS) is 36.9. The van der Waals surface area contributed by atoms with Crippen molar-refractivity contribution in [3.8, 4) is 0 Å². The van der Waals surface area contributed by atoms with E-state index in [0.717, 1.165) is 0 Å². The van der Waals surface area contributed by atoms with Gasteiger partial charge in [0.05, 0.1) is 0 Å². The van der Waals surface area contributed by atoms with E-state index in [1.54, 1.807) is 13.8 Å². The summed E-state index contributed by atoms with van der Waals surface area (Å²) in [5, 5.41) is 9.28. The molecule has 2 aliphatic carbocycles. The van der Waals surface area contributed by atoms with Crippen molar-refractivity contribution in [2.75, 3.05) is 7.05 Å². The van der Waals surface area contributed by atoms with Crippen molar-refractivity contribution in [2.24, 2.45) is 41.4 Å². The number of nitrogens with zero attached hydrogens (tertiary/aromatic N) is 1. The van der Waals surface area contributed by atoms with E-state index in [4.69, 9.17) is 0 Å². The fraction of sp³-hybridized carbons (Fsp3) is 0.900. The van der Waals surface area contributed by atoms with Gasteiger partial charge in [-0.15, -0.1) is 0 Å². The molecule has 3 aliphatic rings. The Balaban J connectivity index is 0.000000269. The Kier molecular flexibility index (Phi) is 6.64. The summed E-state index contributed by atoms with van der Waals surface area (Å²) in [6, 6.07) is 0. The molecule has 10 heteroatoms. The molecule has 0 spiro atoms. The number of amides is 2. The first kappa shape index (κ1) is 24.9. The van der Waals surface area contributed by atoms with Gasteiger partial charge in [-0.3, -0.25) is 14.5 Å². The largest absolute Gasteiger partial charge is 0.426 e. The van der Waals surface area contributed by atoms with Crippen LogP contribution in [0.25, 0.3) is 0 Å². The lowest BCUT2D eigenvalue weighted by Crippen LogP contribution is -2.58. The van der Waals surface area contributed by atoms with Crippen molar-refractivity contribution in [1.82, 2.24) is 4.90 Å². The Morgan fingerprint density at radius 3 is 1.57 bits per heavy atom. The van der Waals surface area contributed by atoms with Gasteiger partial charge in [0.15, 0.2) is 0 Å². The zero-order valence-corrected chi connectivity index (χ0v) is 17.6. The van der Waals surface area contributed by atoms with E-state index in [2.05, 4.69) is 0 Å². The fourth-order valence-corrected chi connectivity index (χ4v) is 5.25. The van der Waals surface area contributed by atoms with Crippen LogP contribution in [0, 0.1) is 41.4 Å². The topological polar surface area (TPSA) is 57.6 Å². The number of rotatable bonds is 2. The number of hydrogen-bond acceptors (Lipinski definition) is 3. The quantitative estimate of drug-likeness (QED) is 0.506. The summed E-state index contributed by atoms with van der Waals surface area (Å²) in [7, 11) is 1.53. The van der Waals surface area contributed by atoms with Gasteiger partial charge in [-0.05, 0) is 48.9 Å². The molecule has 3 rings (SSSR count). The Bertz CT molecular complexity index is 640. The number of aliphatic hydroxyl groups is 1. The summed E-state index contributed by atoms with van der Waals surface area (Å²) in [6.45, 7) is 7.44. The van der Waals surface area contributed by atoms with Crippen molar-refractivity contribution in [3.63, 3.8) is 0 Å². The van der Waals surface area contributed by atoms with Crippen LogP contribution in [0.4, 0.5) is 26.3 Å². The molecule has 2 saturated carbocycles. The first-order chi connectivity index (χ1) is 13.4. The zero-order chi connectivity index (χ0) is 23.4. The summed E-state index contributed by atoms with van der Waals surface area (Å²) in [5.41, 5.74) is -4.59. The minimum atomic E-state index is -5.69. The molecule has 1 aliphatic heterocycles. The van der Waals surface area contributed by atoms with Gasteiger partial charge in [-0.25, -0.2) is 0 Å². The predicted molar refractivity (Wildman–Crippen MR) is 95.8 cm³/mol. The molecule has 2 bridgehead atoms. The van der Waals surface area contributed by atoms with E-state index in [0.29, 0.717) is 18.8 Å². The number of halogens is 6. The molecule has 30 heavy (non-hydrogen) atoms. The minimum absolute atomic E-state index is 0.0579. The Morgan fingerprint density at radius 2 is 1.30 bits per heavy atom. The van der Waals surface area contributed by atoms with Crippen LogP contribution in [0.3, 0.4) is 0 Å². The lowest BCUT2D eigenvalue weighted by atomic mass is 9.72. The molecule has 3 fully saturated rings. The fourth-order valence-electron chi connectivity index (χ4n) is 5.25. The number of carbonyl (C=O) groups is 2. The molecule has 2 amide bonds. The number of likely N-dealkylation sites (tertiary alicyclic amines) is 1. The number of alkyl halides is 6. The summed E-state index contributed by atoms with van der Waals surface area (Å²) >= 11 is 0. The van der Waals surface area contributed by atoms with Gasteiger partial charge in [0.2, 0.25) is 11.8 Å². The molecular weight excluding hydrogens is 416 g/mol. The van der Waals surface area contributed by atoms with Crippen molar-refractivity contribution in [1.29, 1.82) is 0 Å². The number of imide groups is 1. The monoisotopic (exact) mass is 445 g/mol. The Hall–Kier alpha value is -1.32. The summed E-state index contributed by atoms with van der Waals surface area (Å²) in [5.74, 6) is -0.591. The zero-order valence-electron chi connectivity index (χ0n) is 17.6. The maximum Gasteiger partial charge on any atom is 0.426 e. The molecule has 1 heterocycles. The summed E-state index contributed by atoms with van der Waals surface area (Å²) < 4.78 is 76.2. The molecule has 0 aromatic heterocycles. The van der Waals surface area contributed by atoms with E-state index in [1.807, 2.05) is 13.8 Å². The molecular formula is C20H29F6NO3. The lowest BCUT2D eigenvalue weighted by Gasteiger charge is -2.39. The first-order valence-electron chi connectivity index (χ1n) is 10.1. The third kappa shape index (κ3) is 4.08. The van der Waals surface area contributed by atoms with E-state index in [-0.39, 0.29) is 41.4 Å². The average molecular weight is 445 g/mol. The molecule has 1 N–H and O–H groups in total. The third-order valence-corrected chi connectivity index (χ3v) is 7.72. The van der Waals surface area contributed by atoms with Gasteiger partial charge in [0.1, 0.15) is 0 Å². The van der Waals surface area contributed by atoms with Crippen molar-refractivity contribution in [2.45, 2.75) is 64.9 Å². The third-order valence-electron chi connectivity index (χ3n) is 7.72. The molecule has 0 aromatic rings. The van der Waals surface area contributed by atoms with E-state index >= 15 is 0 Å². The molecule has 1 saturated heterocycles. The van der Waals surface area contributed by atoms with Gasteiger partial charge in [-0.2, -0.15) is 26.3 Å².